The number of anilines is 1. The van der Waals surface area contributed by atoms with Gasteiger partial charge in [0.1, 0.15) is 0 Å². The zero-order valence-electron chi connectivity index (χ0n) is 11.1. The van der Waals surface area contributed by atoms with Crippen molar-refractivity contribution in [1.29, 1.82) is 0 Å². The summed E-state index contributed by atoms with van der Waals surface area (Å²) in [4.78, 5) is 22.1. The van der Waals surface area contributed by atoms with Crippen LogP contribution in [0.4, 0.5) is 5.69 Å². The summed E-state index contributed by atoms with van der Waals surface area (Å²) in [6, 6.07) is 6.16. The van der Waals surface area contributed by atoms with E-state index >= 15 is 0 Å². The number of carbonyl (C=O) groups is 2. The Bertz CT molecular complexity index is 595. The van der Waals surface area contributed by atoms with Gasteiger partial charge in [0, 0.05) is 12.8 Å². The lowest BCUT2D eigenvalue weighted by molar-refractivity contribution is -0.137. The predicted molar refractivity (Wildman–Crippen MR) is 74.3 cm³/mol. The van der Waals surface area contributed by atoms with Crippen LogP contribution in [0.3, 0.4) is 0 Å². The second-order valence-corrected chi connectivity index (χ2v) is 6.44. The summed E-state index contributed by atoms with van der Waals surface area (Å²) >= 11 is 0. The van der Waals surface area contributed by atoms with Gasteiger partial charge in [-0.1, -0.05) is 19.1 Å². The van der Waals surface area contributed by atoms with Gasteiger partial charge in [-0.15, -0.1) is 0 Å². The molecule has 1 amide bonds. The van der Waals surface area contributed by atoms with Crippen molar-refractivity contribution >= 4 is 27.4 Å². The molecular formula is C13H17NO5S. The van der Waals surface area contributed by atoms with Crippen LogP contribution < -0.4 is 5.32 Å². The summed E-state index contributed by atoms with van der Waals surface area (Å²) in [5.41, 5.74) is 0.231. The van der Waals surface area contributed by atoms with Crippen LogP contribution in [-0.4, -0.2) is 31.2 Å². The summed E-state index contributed by atoms with van der Waals surface area (Å²) < 4.78 is 23.8. The number of nitrogens with one attached hydrogen (secondary N) is 1. The molecule has 0 spiro atoms. The number of hydrogen-bond donors (Lipinski definition) is 2. The van der Waals surface area contributed by atoms with Crippen molar-refractivity contribution in [3.8, 4) is 0 Å². The second-order valence-electron chi connectivity index (χ2n) is 4.20. The molecule has 2 N–H and O–H groups in total. The highest BCUT2D eigenvalue weighted by Gasteiger charge is 2.17. The molecule has 0 atom stereocenters. The van der Waals surface area contributed by atoms with E-state index in [1.807, 2.05) is 0 Å². The van der Waals surface area contributed by atoms with Gasteiger partial charge in [0.25, 0.3) is 0 Å². The number of aliphatic carboxylic acids is 1. The predicted octanol–water partition coefficient (Wildman–Crippen LogP) is 1.67. The molecule has 0 aliphatic heterocycles. The van der Waals surface area contributed by atoms with E-state index in [0.29, 0.717) is 0 Å². The molecule has 110 valence electrons. The molecule has 7 heteroatoms. The van der Waals surface area contributed by atoms with Crippen LogP contribution >= 0.6 is 0 Å². The van der Waals surface area contributed by atoms with E-state index in [0.717, 1.165) is 0 Å². The summed E-state index contributed by atoms with van der Waals surface area (Å²) in [6.07, 6.45) is 0.152. The van der Waals surface area contributed by atoms with Crippen LogP contribution in [0.15, 0.2) is 29.2 Å². The maximum absolute atomic E-state index is 11.9. The minimum Gasteiger partial charge on any atom is -0.481 e. The van der Waals surface area contributed by atoms with Crippen molar-refractivity contribution in [1.82, 2.24) is 0 Å². The Kier molecular flexibility index (Phi) is 5.69. The van der Waals surface area contributed by atoms with E-state index in [9.17, 15) is 18.0 Å². The Hall–Kier alpha value is -1.89. The maximum Gasteiger partial charge on any atom is 0.303 e. The Labute approximate surface area is 117 Å². The summed E-state index contributed by atoms with van der Waals surface area (Å²) in [5, 5.41) is 11.0. The van der Waals surface area contributed by atoms with Crippen LogP contribution in [0.5, 0.6) is 0 Å². The molecule has 1 aromatic rings. The van der Waals surface area contributed by atoms with Crippen LogP contribution in [0, 0.1) is 0 Å². The van der Waals surface area contributed by atoms with Gasteiger partial charge in [-0.3, -0.25) is 9.59 Å². The molecule has 0 bridgehead atoms. The van der Waals surface area contributed by atoms with Crippen LogP contribution in [0.25, 0.3) is 0 Å². The molecule has 0 aromatic heterocycles. The lowest BCUT2D eigenvalue weighted by Gasteiger charge is -2.10. The van der Waals surface area contributed by atoms with Crippen molar-refractivity contribution in [3.63, 3.8) is 0 Å². The zero-order valence-corrected chi connectivity index (χ0v) is 11.9. The van der Waals surface area contributed by atoms with Gasteiger partial charge in [0.05, 0.1) is 16.3 Å². The highest BCUT2D eigenvalue weighted by molar-refractivity contribution is 7.91. The lowest BCUT2D eigenvalue weighted by atomic mass is 10.2. The SMILES string of the molecule is CCS(=O)(=O)c1ccccc1NC(=O)CCCC(=O)O. The Balaban J connectivity index is 2.78. The largest absolute Gasteiger partial charge is 0.481 e. The Morgan fingerprint density at radius 1 is 1.20 bits per heavy atom. The number of rotatable bonds is 7. The minimum absolute atomic E-state index is 0.0345. The number of carboxylic acids is 1. The molecular weight excluding hydrogens is 282 g/mol. The average molecular weight is 299 g/mol. The molecule has 6 nitrogen and oxygen atoms in total. The zero-order chi connectivity index (χ0) is 15.2. The third-order valence-corrected chi connectivity index (χ3v) is 4.46. The summed E-state index contributed by atoms with van der Waals surface area (Å²) in [6.45, 7) is 1.53. The smallest absolute Gasteiger partial charge is 0.303 e. The number of carbonyl (C=O) groups excluding carboxylic acids is 1. The molecule has 0 saturated heterocycles. The van der Waals surface area contributed by atoms with E-state index < -0.39 is 21.7 Å². The van der Waals surface area contributed by atoms with Gasteiger partial charge in [-0.25, -0.2) is 8.42 Å². The van der Waals surface area contributed by atoms with Crippen molar-refractivity contribution < 1.29 is 23.1 Å². The standard InChI is InChI=1S/C13H17NO5S/c1-2-20(18,19)11-7-4-3-6-10(11)14-12(15)8-5-9-13(16)17/h3-4,6-7H,2,5,8-9H2,1H3,(H,14,15)(H,16,17). The van der Waals surface area contributed by atoms with E-state index in [4.69, 9.17) is 5.11 Å². The van der Waals surface area contributed by atoms with E-state index in [2.05, 4.69) is 5.32 Å². The van der Waals surface area contributed by atoms with Crippen LogP contribution in [-0.2, 0) is 19.4 Å². The average Bonchev–Trinajstić information content (AvgIpc) is 2.38. The summed E-state index contributed by atoms with van der Waals surface area (Å²) in [7, 11) is -3.42. The topological polar surface area (TPSA) is 101 Å². The van der Waals surface area contributed by atoms with E-state index in [-0.39, 0.29) is 35.6 Å². The van der Waals surface area contributed by atoms with E-state index in [1.54, 1.807) is 12.1 Å². The number of carboxylic acid groups (broad SMARTS) is 1. The molecule has 0 heterocycles. The fraction of sp³-hybridized carbons (Fsp3) is 0.385. The highest BCUT2D eigenvalue weighted by atomic mass is 32.2. The van der Waals surface area contributed by atoms with Crippen molar-refractivity contribution in [3.05, 3.63) is 24.3 Å². The third kappa shape index (κ3) is 4.65. The first-order valence-electron chi connectivity index (χ1n) is 6.20. The fourth-order valence-electron chi connectivity index (χ4n) is 1.61. The van der Waals surface area contributed by atoms with Gasteiger partial charge in [0.2, 0.25) is 5.91 Å². The number of sulfone groups is 1. The minimum atomic E-state index is -3.42. The van der Waals surface area contributed by atoms with Gasteiger partial charge < -0.3 is 10.4 Å². The molecule has 0 radical (unpaired) electrons. The van der Waals surface area contributed by atoms with Crippen molar-refractivity contribution in [2.75, 3.05) is 11.1 Å². The molecule has 1 aromatic carbocycles. The molecule has 0 saturated carbocycles. The number of amides is 1. The number of para-hydroxylation sites is 1. The molecule has 0 aliphatic rings. The van der Waals surface area contributed by atoms with Crippen molar-refractivity contribution in [2.45, 2.75) is 31.1 Å². The van der Waals surface area contributed by atoms with Gasteiger partial charge in [-0.2, -0.15) is 0 Å². The molecule has 0 fully saturated rings. The van der Waals surface area contributed by atoms with Crippen molar-refractivity contribution in [2.24, 2.45) is 0 Å². The maximum atomic E-state index is 11.9. The van der Waals surface area contributed by atoms with Crippen LogP contribution in [0.1, 0.15) is 26.2 Å². The Morgan fingerprint density at radius 3 is 2.45 bits per heavy atom. The summed E-state index contributed by atoms with van der Waals surface area (Å²) in [5.74, 6) is -1.42. The lowest BCUT2D eigenvalue weighted by Crippen LogP contribution is -2.15. The number of benzene rings is 1. The van der Waals surface area contributed by atoms with Gasteiger partial charge in [-0.05, 0) is 18.6 Å². The first-order chi connectivity index (χ1) is 9.36. The molecule has 0 unspecified atom stereocenters. The van der Waals surface area contributed by atoms with Gasteiger partial charge in [0.15, 0.2) is 9.84 Å². The number of hydrogen-bond acceptors (Lipinski definition) is 4. The molecule has 20 heavy (non-hydrogen) atoms. The Morgan fingerprint density at radius 2 is 1.85 bits per heavy atom. The quantitative estimate of drug-likeness (QED) is 0.797. The van der Waals surface area contributed by atoms with E-state index in [1.165, 1.54) is 19.1 Å². The normalized spacial score (nSPS) is 11.1. The molecule has 1 rings (SSSR count). The fourth-order valence-corrected chi connectivity index (χ4v) is 2.66. The second kappa shape index (κ2) is 7.04. The first-order valence-corrected chi connectivity index (χ1v) is 7.85. The molecule has 0 aliphatic carbocycles. The highest BCUT2D eigenvalue weighted by Crippen LogP contribution is 2.22. The first kappa shape index (κ1) is 16.2. The third-order valence-electron chi connectivity index (χ3n) is 2.67. The van der Waals surface area contributed by atoms with Gasteiger partial charge >= 0.3 is 5.97 Å². The monoisotopic (exact) mass is 299 g/mol. The van der Waals surface area contributed by atoms with Crippen LogP contribution in [0.2, 0.25) is 0 Å².